The fourth-order valence-electron chi connectivity index (χ4n) is 1.58. The van der Waals surface area contributed by atoms with Crippen molar-refractivity contribution in [3.8, 4) is 6.01 Å². The molecular weight excluding hydrogens is 274 g/mol. The lowest BCUT2D eigenvalue weighted by Crippen LogP contribution is -2.12. The first-order valence-corrected chi connectivity index (χ1v) is 7.24. The smallest absolute Gasteiger partial charge is 0.322 e. The molecule has 0 aliphatic rings. The first-order chi connectivity index (χ1) is 9.72. The topological polar surface area (TPSA) is 86.0 Å². The molecule has 3 N–H and O–H groups in total. The van der Waals surface area contributed by atoms with E-state index in [0.29, 0.717) is 17.7 Å². The molecule has 0 aliphatic carbocycles. The Morgan fingerprint density at radius 2 is 2.05 bits per heavy atom. The molecule has 0 atom stereocenters. The van der Waals surface area contributed by atoms with Gasteiger partial charge in [0.1, 0.15) is 0 Å². The minimum atomic E-state index is 0.280. The highest BCUT2D eigenvalue weighted by molar-refractivity contribution is 7.98. The Balaban J connectivity index is 2.12. The van der Waals surface area contributed by atoms with E-state index < -0.39 is 0 Å². The Labute approximate surface area is 122 Å². The summed E-state index contributed by atoms with van der Waals surface area (Å²) in [4.78, 5) is 12.5. The summed E-state index contributed by atoms with van der Waals surface area (Å²) in [5.41, 5.74) is 4.91. The summed E-state index contributed by atoms with van der Waals surface area (Å²) in [5, 5.41) is 0.583. The van der Waals surface area contributed by atoms with Crippen molar-refractivity contribution in [1.29, 1.82) is 0 Å². The molecule has 1 aromatic heterocycles. The van der Waals surface area contributed by atoms with Gasteiger partial charge in [0, 0.05) is 5.75 Å². The molecule has 106 valence electrons. The van der Waals surface area contributed by atoms with E-state index >= 15 is 0 Å². The van der Waals surface area contributed by atoms with Crippen molar-refractivity contribution >= 4 is 17.7 Å². The molecule has 20 heavy (non-hydrogen) atoms. The SMILES string of the molecule is CCOc1nc(NN)nc(SCc2ccccc2C)n1. The molecule has 0 fully saturated rings. The first kappa shape index (κ1) is 14.5. The summed E-state index contributed by atoms with van der Waals surface area (Å²) < 4.78 is 5.29. The minimum Gasteiger partial charge on any atom is -0.464 e. The molecule has 0 unspecified atom stereocenters. The number of benzene rings is 1. The molecule has 6 nitrogen and oxygen atoms in total. The maximum Gasteiger partial charge on any atom is 0.322 e. The van der Waals surface area contributed by atoms with E-state index in [2.05, 4.69) is 39.4 Å². The van der Waals surface area contributed by atoms with Crippen LogP contribution in [0.5, 0.6) is 6.01 Å². The van der Waals surface area contributed by atoms with Gasteiger partial charge in [-0.15, -0.1) is 0 Å². The van der Waals surface area contributed by atoms with E-state index in [-0.39, 0.29) is 6.01 Å². The third kappa shape index (κ3) is 3.82. The van der Waals surface area contributed by atoms with Crippen LogP contribution in [0.2, 0.25) is 0 Å². The molecular formula is C13H17N5OS. The van der Waals surface area contributed by atoms with E-state index in [0.717, 1.165) is 5.75 Å². The molecule has 7 heteroatoms. The predicted molar refractivity (Wildman–Crippen MR) is 79.5 cm³/mol. The quantitative estimate of drug-likeness (QED) is 0.479. The standard InChI is InChI=1S/C13H17N5OS/c1-3-19-12-15-11(18-14)16-13(17-12)20-8-10-7-5-4-6-9(10)2/h4-7H,3,8,14H2,1-2H3,(H,15,16,17,18). The molecule has 1 heterocycles. The lowest BCUT2D eigenvalue weighted by atomic mass is 10.1. The zero-order valence-electron chi connectivity index (χ0n) is 11.5. The van der Waals surface area contributed by atoms with Gasteiger partial charge in [0.05, 0.1) is 6.61 Å². The van der Waals surface area contributed by atoms with Crippen LogP contribution in [0, 0.1) is 6.92 Å². The van der Waals surface area contributed by atoms with Crippen LogP contribution in [0.3, 0.4) is 0 Å². The molecule has 0 amide bonds. The van der Waals surface area contributed by atoms with Gasteiger partial charge < -0.3 is 4.74 Å². The van der Waals surface area contributed by atoms with E-state index in [9.17, 15) is 0 Å². The number of aryl methyl sites for hydroxylation is 1. The Morgan fingerprint density at radius 3 is 2.75 bits per heavy atom. The number of ether oxygens (including phenoxy) is 1. The number of rotatable bonds is 6. The van der Waals surface area contributed by atoms with Gasteiger partial charge in [-0.05, 0) is 25.0 Å². The van der Waals surface area contributed by atoms with Gasteiger partial charge in [0.25, 0.3) is 0 Å². The summed E-state index contributed by atoms with van der Waals surface area (Å²) in [6.07, 6.45) is 0. The van der Waals surface area contributed by atoms with Crippen molar-refractivity contribution in [1.82, 2.24) is 15.0 Å². The lowest BCUT2D eigenvalue weighted by molar-refractivity contribution is 0.308. The summed E-state index contributed by atoms with van der Waals surface area (Å²) in [5.74, 6) is 6.43. The minimum absolute atomic E-state index is 0.280. The largest absolute Gasteiger partial charge is 0.464 e. The number of hydrogen-bond acceptors (Lipinski definition) is 7. The van der Waals surface area contributed by atoms with Crippen molar-refractivity contribution in [2.75, 3.05) is 12.0 Å². The highest BCUT2D eigenvalue weighted by Gasteiger charge is 2.08. The summed E-state index contributed by atoms with van der Waals surface area (Å²) in [6.45, 7) is 4.46. The van der Waals surface area contributed by atoms with Crippen LogP contribution in [-0.4, -0.2) is 21.6 Å². The maximum absolute atomic E-state index is 5.35. The zero-order valence-corrected chi connectivity index (χ0v) is 12.3. The second kappa shape index (κ2) is 7.06. The van der Waals surface area contributed by atoms with Crippen molar-refractivity contribution in [3.05, 3.63) is 35.4 Å². The molecule has 2 rings (SSSR count). The number of nitrogen functional groups attached to an aromatic ring is 1. The van der Waals surface area contributed by atoms with Crippen LogP contribution >= 0.6 is 11.8 Å². The van der Waals surface area contributed by atoms with Gasteiger partial charge in [-0.2, -0.15) is 15.0 Å². The third-order valence-corrected chi connectivity index (χ3v) is 3.51. The van der Waals surface area contributed by atoms with E-state index in [1.165, 1.54) is 22.9 Å². The van der Waals surface area contributed by atoms with Gasteiger partial charge in [0.15, 0.2) is 5.16 Å². The van der Waals surface area contributed by atoms with Crippen LogP contribution in [0.15, 0.2) is 29.4 Å². The Hall–Kier alpha value is -1.86. The summed E-state index contributed by atoms with van der Waals surface area (Å²) >= 11 is 1.52. The number of aromatic nitrogens is 3. The number of hydrazine groups is 1. The normalized spacial score (nSPS) is 10.3. The van der Waals surface area contributed by atoms with Gasteiger partial charge in [-0.25, -0.2) is 5.84 Å². The van der Waals surface area contributed by atoms with Crippen LogP contribution in [-0.2, 0) is 5.75 Å². The molecule has 0 saturated carbocycles. The molecule has 0 saturated heterocycles. The molecule has 0 aliphatic heterocycles. The average molecular weight is 291 g/mol. The van der Waals surface area contributed by atoms with Gasteiger partial charge in [-0.3, -0.25) is 5.43 Å². The Kier molecular flexibility index (Phi) is 5.14. The highest BCUT2D eigenvalue weighted by Crippen LogP contribution is 2.23. The first-order valence-electron chi connectivity index (χ1n) is 6.25. The van der Waals surface area contributed by atoms with Crippen LogP contribution in [0.4, 0.5) is 5.95 Å². The van der Waals surface area contributed by atoms with E-state index in [1.807, 2.05) is 19.1 Å². The third-order valence-electron chi connectivity index (χ3n) is 2.61. The van der Waals surface area contributed by atoms with E-state index in [4.69, 9.17) is 10.6 Å². The monoisotopic (exact) mass is 291 g/mol. The average Bonchev–Trinajstić information content (AvgIpc) is 2.46. The van der Waals surface area contributed by atoms with Crippen molar-refractivity contribution in [3.63, 3.8) is 0 Å². The molecule has 0 spiro atoms. The fourth-order valence-corrected chi connectivity index (χ4v) is 2.48. The van der Waals surface area contributed by atoms with Gasteiger partial charge in [-0.1, -0.05) is 36.0 Å². The van der Waals surface area contributed by atoms with Crippen molar-refractivity contribution in [2.45, 2.75) is 24.8 Å². The second-order valence-corrected chi connectivity index (χ2v) is 4.96. The molecule has 1 aromatic carbocycles. The number of anilines is 1. The van der Waals surface area contributed by atoms with E-state index in [1.54, 1.807) is 0 Å². The fraction of sp³-hybridized carbons (Fsp3) is 0.308. The number of thioether (sulfide) groups is 1. The summed E-state index contributed by atoms with van der Waals surface area (Å²) in [7, 11) is 0. The Morgan fingerprint density at radius 1 is 1.25 bits per heavy atom. The molecule has 2 aromatic rings. The van der Waals surface area contributed by atoms with Crippen molar-refractivity contribution in [2.24, 2.45) is 5.84 Å². The number of nitrogens with two attached hydrogens (primary N) is 1. The Bertz CT molecular complexity index is 578. The molecule has 0 radical (unpaired) electrons. The highest BCUT2D eigenvalue weighted by atomic mass is 32.2. The lowest BCUT2D eigenvalue weighted by Gasteiger charge is -2.07. The number of nitrogens with zero attached hydrogens (tertiary/aromatic N) is 3. The van der Waals surface area contributed by atoms with Gasteiger partial charge >= 0.3 is 6.01 Å². The second-order valence-electron chi connectivity index (χ2n) is 4.02. The van der Waals surface area contributed by atoms with Crippen LogP contribution in [0.1, 0.15) is 18.1 Å². The van der Waals surface area contributed by atoms with Crippen molar-refractivity contribution < 1.29 is 4.74 Å². The van der Waals surface area contributed by atoms with Crippen LogP contribution in [0.25, 0.3) is 0 Å². The molecule has 0 bridgehead atoms. The van der Waals surface area contributed by atoms with Gasteiger partial charge in [0.2, 0.25) is 5.95 Å². The predicted octanol–water partition coefficient (Wildman–Crippen LogP) is 2.16. The number of nitrogens with one attached hydrogen (secondary N) is 1. The maximum atomic E-state index is 5.35. The van der Waals surface area contributed by atoms with Crippen LogP contribution < -0.4 is 16.0 Å². The zero-order chi connectivity index (χ0) is 14.4. The summed E-state index contributed by atoms with van der Waals surface area (Å²) in [6, 6.07) is 8.50. The number of hydrogen-bond donors (Lipinski definition) is 2.